The Kier molecular flexibility index (Phi) is 4.16. The Balaban J connectivity index is 2.15. The summed E-state index contributed by atoms with van der Waals surface area (Å²) in [4.78, 5) is 8.45. The van der Waals surface area contributed by atoms with Gasteiger partial charge in [0.2, 0.25) is 0 Å². The summed E-state index contributed by atoms with van der Waals surface area (Å²) in [7, 11) is 0. The first-order chi connectivity index (χ1) is 9.49. The number of hydrogen-bond donors (Lipinski definition) is 1. The fraction of sp³-hybridized carbons (Fsp3) is 0.400. The molecule has 0 saturated carbocycles. The monoisotopic (exact) mass is 269 g/mol. The van der Waals surface area contributed by atoms with E-state index >= 15 is 0 Å². The van der Waals surface area contributed by atoms with Gasteiger partial charge in [0.15, 0.2) is 0 Å². The van der Waals surface area contributed by atoms with Crippen molar-refractivity contribution in [3.05, 3.63) is 47.8 Å². The van der Waals surface area contributed by atoms with Crippen molar-refractivity contribution in [2.45, 2.75) is 39.4 Å². The molecule has 2 heterocycles. The Morgan fingerprint density at radius 2 is 2.10 bits per heavy atom. The molecule has 2 aromatic heterocycles. The van der Waals surface area contributed by atoms with Crippen LogP contribution in [0.15, 0.2) is 30.7 Å². The van der Waals surface area contributed by atoms with E-state index in [0.29, 0.717) is 18.8 Å². The standard InChI is InChI=1S/C15H19N5/c1-15(2,3)19-10-14-18-7-8-20(14)11-12-5-4-6-17-13(12)9-16/h4-8,19H,10-11H2,1-3H3. The summed E-state index contributed by atoms with van der Waals surface area (Å²) in [6.45, 7) is 7.66. The summed E-state index contributed by atoms with van der Waals surface area (Å²) in [5, 5.41) is 12.5. The van der Waals surface area contributed by atoms with Gasteiger partial charge >= 0.3 is 0 Å². The molecule has 2 rings (SSSR count). The Bertz CT molecular complexity index is 616. The molecule has 0 unspecified atom stereocenters. The van der Waals surface area contributed by atoms with E-state index in [-0.39, 0.29) is 5.54 Å². The first kappa shape index (κ1) is 14.2. The second kappa shape index (κ2) is 5.85. The molecule has 0 fully saturated rings. The van der Waals surface area contributed by atoms with E-state index in [1.807, 2.05) is 22.9 Å². The summed E-state index contributed by atoms with van der Waals surface area (Å²) in [5.41, 5.74) is 1.42. The number of nitriles is 1. The second-order valence-electron chi connectivity index (χ2n) is 5.70. The van der Waals surface area contributed by atoms with E-state index in [0.717, 1.165) is 11.4 Å². The van der Waals surface area contributed by atoms with E-state index in [4.69, 9.17) is 5.26 Å². The van der Waals surface area contributed by atoms with Gasteiger partial charge in [-0.3, -0.25) is 0 Å². The van der Waals surface area contributed by atoms with Crippen molar-refractivity contribution in [1.29, 1.82) is 5.26 Å². The van der Waals surface area contributed by atoms with Crippen LogP contribution in [0, 0.1) is 11.3 Å². The van der Waals surface area contributed by atoms with Crippen LogP contribution in [0.1, 0.15) is 37.9 Å². The van der Waals surface area contributed by atoms with Crippen molar-refractivity contribution >= 4 is 0 Å². The Morgan fingerprint density at radius 1 is 1.30 bits per heavy atom. The molecular weight excluding hydrogens is 250 g/mol. The zero-order valence-electron chi connectivity index (χ0n) is 12.1. The molecule has 0 bridgehead atoms. The van der Waals surface area contributed by atoms with Crippen LogP contribution in [0.25, 0.3) is 0 Å². The maximum atomic E-state index is 9.08. The quantitative estimate of drug-likeness (QED) is 0.923. The fourth-order valence-corrected chi connectivity index (χ4v) is 1.85. The van der Waals surface area contributed by atoms with Gasteiger partial charge in [0.05, 0.1) is 13.1 Å². The number of imidazole rings is 1. The third-order valence-electron chi connectivity index (χ3n) is 2.92. The number of rotatable bonds is 4. The van der Waals surface area contributed by atoms with Gasteiger partial charge in [-0.25, -0.2) is 9.97 Å². The fourth-order valence-electron chi connectivity index (χ4n) is 1.85. The van der Waals surface area contributed by atoms with Crippen LogP contribution in [-0.4, -0.2) is 20.1 Å². The summed E-state index contributed by atoms with van der Waals surface area (Å²) in [6.07, 6.45) is 5.34. The van der Waals surface area contributed by atoms with Gasteiger partial charge in [-0.05, 0) is 26.8 Å². The third kappa shape index (κ3) is 3.65. The molecule has 5 nitrogen and oxygen atoms in total. The highest BCUT2D eigenvalue weighted by molar-refractivity contribution is 5.30. The van der Waals surface area contributed by atoms with E-state index in [1.165, 1.54) is 0 Å². The van der Waals surface area contributed by atoms with Crippen LogP contribution >= 0.6 is 0 Å². The maximum absolute atomic E-state index is 9.08. The lowest BCUT2D eigenvalue weighted by Crippen LogP contribution is -2.36. The number of hydrogen-bond acceptors (Lipinski definition) is 4. The van der Waals surface area contributed by atoms with Crippen molar-refractivity contribution in [3.8, 4) is 6.07 Å². The van der Waals surface area contributed by atoms with E-state index in [9.17, 15) is 0 Å². The summed E-state index contributed by atoms with van der Waals surface area (Å²) in [5.74, 6) is 0.952. The molecule has 0 aliphatic rings. The molecule has 104 valence electrons. The molecule has 0 aliphatic heterocycles. The molecule has 0 spiro atoms. The van der Waals surface area contributed by atoms with Gasteiger partial charge in [0.25, 0.3) is 0 Å². The first-order valence-corrected chi connectivity index (χ1v) is 6.58. The van der Waals surface area contributed by atoms with Crippen LogP contribution in [0.2, 0.25) is 0 Å². The Morgan fingerprint density at radius 3 is 2.80 bits per heavy atom. The first-order valence-electron chi connectivity index (χ1n) is 6.58. The molecule has 5 heteroatoms. The van der Waals surface area contributed by atoms with Crippen molar-refractivity contribution < 1.29 is 0 Å². The maximum Gasteiger partial charge on any atom is 0.145 e. The van der Waals surface area contributed by atoms with Crippen molar-refractivity contribution in [2.75, 3.05) is 0 Å². The zero-order valence-corrected chi connectivity index (χ0v) is 12.1. The van der Waals surface area contributed by atoms with Gasteiger partial charge in [0.1, 0.15) is 17.6 Å². The zero-order chi connectivity index (χ0) is 14.6. The minimum absolute atomic E-state index is 0.0445. The molecular formula is C15H19N5. The lowest BCUT2D eigenvalue weighted by Gasteiger charge is -2.20. The Labute approximate surface area is 119 Å². The summed E-state index contributed by atoms with van der Waals surface area (Å²) >= 11 is 0. The number of nitrogens with zero attached hydrogens (tertiary/aromatic N) is 4. The van der Waals surface area contributed by atoms with Crippen LogP contribution < -0.4 is 5.32 Å². The second-order valence-corrected chi connectivity index (χ2v) is 5.70. The van der Waals surface area contributed by atoms with Crippen LogP contribution in [0.3, 0.4) is 0 Å². The van der Waals surface area contributed by atoms with Gasteiger partial charge in [-0.1, -0.05) is 6.07 Å². The number of pyridine rings is 1. The average Bonchev–Trinajstić information content (AvgIpc) is 2.83. The van der Waals surface area contributed by atoms with Crippen molar-refractivity contribution in [3.63, 3.8) is 0 Å². The van der Waals surface area contributed by atoms with E-state index < -0.39 is 0 Å². The molecule has 2 aromatic rings. The van der Waals surface area contributed by atoms with Crippen molar-refractivity contribution in [2.24, 2.45) is 0 Å². The highest BCUT2D eigenvalue weighted by Gasteiger charge is 2.12. The lowest BCUT2D eigenvalue weighted by molar-refractivity contribution is 0.413. The molecule has 0 radical (unpaired) electrons. The molecule has 1 N–H and O–H groups in total. The molecule has 20 heavy (non-hydrogen) atoms. The van der Waals surface area contributed by atoms with Crippen molar-refractivity contribution in [1.82, 2.24) is 19.9 Å². The van der Waals surface area contributed by atoms with Gasteiger partial charge in [-0.2, -0.15) is 5.26 Å². The molecule has 0 atom stereocenters. The number of nitrogens with one attached hydrogen (secondary N) is 1. The normalized spacial score (nSPS) is 11.3. The van der Waals surface area contributed by atoms with Gasteiger partial charge in [-0.15, -0.1) is 0 Å². The van der Waals surface area contributed by atoms with E-state index in [2.05, 4.69) is 42.1 Å². The Hall–Kier alpha value is -2.19. The molecule has 0 aliphatic carbocycles. The topological polar surface area (TPSA) is 66.5 Å². The SMILES string of the molecule is CC(C)(C)NCc1nccn1Cc1cccnc1C#N. The predicted molar refractivity (Wildman–Crippen MR) is 76.9 cm³/mol. The summed E-state index contributed by atoms with van der Waals surface area (Å²) < 4.78 is 2.04. The molecule has 0 aromatic carbocycles. The smallest absolute Gasteiger partial charge is 0.145 e. The van der Waals surface area contributed by atoms with Crippen LogP contribution in [0.5, 0.6) is 0 Å². The van der Waals surface area contributed by atoms with E-state index in [1.54, 1.807) is 12.4 Å². The van der Waals surface area contributed by atoms with Gasteiger partial charge < -0.3 is 9.88 Å². The minimum atomic E-state index is 0.0445. The molecule has 0 amide bonds. The minimum Gasteiger partial charge on any atom is -0.329 e. The summed E-state index contributed by atoms with van der Waals surface area (Å²) in [6, 6.07) is 5.89. The van der Waals surface area contributed by atoms with Crippen LogP contribution in [0.4, 0.5) is 0 Å². The third-order valence-corrected chi connectivity index (χ3v) is 2.92. The number of aromatic nitrogens is 3. The highest BCUT2D eigenvalue weighted by atomic mass is 15.1. The predicted octanol–water partition coefficient (Wildman–Crippen LogP) is 2.09. The largest absolute Gasteiger partial charge is 0.329 e. The lowest BCUT2D eigenvalue weighted by atomic mass is 10.1. The van der Waals surface area contributed by atoms with Gasteiger partial charge in [0, 0.05) is 29.7 Å². The van der Waals surface area contributed by atoms with Crippen LogP contribution in [-0.2, 0) is 13.1 Å². The highest BCUT2D eigenvalue weighted by Crippen LogP contribution is 2.09. The average molecular weight is 269 g/mol. The molecule has 0 saturated heterocycles.